The topological polar surface area (TPSA) is 97.9 Å². The van der Waals surface area contributed by atoms with Gasteiger partial charge in [0.2, 0.25) is 0 Å². The van der Waals surface area contributed by atoms with Crippen LogP contribution in [0.25, 0.3) is 33.7 Å². The first-order valence-corrected chi connectivity index (χ1v) is 9.27. The molecule has 9 heteroatoms. The Balaban J connectivity index is 1.78. The van der Waals surface area contributed by atoms with Gasteiger partial charge in [0.15, 0.2) is 11.3 Å². The van der Waals surface area contributed by atoms with Gasteiger partial charge in [0, 0.05) is 19.8 Å². The number of aryl methyl sites for hydroxylation is 2. The maximum Gasteiger partial charge on any atom is 0.195 e. The fraction of sp³-hybridized carbons (Fsp3) is 0.368. The monoisotopic (exact) mass is 379 g/mol. The van der Waals surface area contributed by atoms with Crippen LogP contribution in [0.5, 0.6) is 0 Å². The van der Waals surface area contributed by atoms with Crippen LogP contribution in [0.2, 0.25) is 0 Å². The quantitative estimate of drug-likeness (QED) is 0.584. The van der Waals surface area contributed by atoms with E-state index in [1.54, 1.807) is 6.20 Å². The van der Waals surface area contributed by atoms with E-state index in [9.17, 15) is 0 Å². The highest BCUT2D eigenvalue weighted by atomic mass is 16.5. The predicted molar refractivity (Wildman–Crippen MR) is 104 cm³/mol. The van der Waals surface area contributed by atoms with Crippen molar-refractivity contribution in [1.29, 1.82) is 0 Å². The third kappa shape index (κ3) is 2.58. The lowest BCUT2D eigenvalue weighted by Gasteiger charge is -2.34. The van der Waals surface area contributed by atoms with Gasteiger partial charge >= 0.3 is 0 Å². The van der Waals surface area contributed by atoms with Gasteiger partial charge in [-0.05, 0) is 31.5 Å². The Hall–Kier alpha value is -3.20. The van der Waals surface area contributed by atoms with Crippen molar-refractivity contribution in [3.63, 3.8) is 0 Å². The average molecular weight is 379 g/mol. The highest BCUT2D eigenvalue weighted by Crippen LogP contribution is 2.37. The summed E-state index contributed by atoms with van der Waals surface area (Å²) in [4.78, 5) is 7.20. The third-order valence-electron chi connectivity index (χ3n) is 5.21. The number of hydrogen-bond acceptors (Lipinski definition) is 7. The van der Waals surface area contributed by atoms with Crippen molar-refractivity contribution in [2.45, 2.75) is 19.9 Å². The molecule has 1 fully saturated rings. The highest BCUT2D eigenvalue weighted by molar-refractivity contribution is 5.98. The van der Waals surface area contributed by atoms with E-state index in [1.165, 1.54) is 0 Å². The van der Waals surface area contributed by atoms with Crippen molar-refractivity contribution in [2.75, 3.05) is 24.7 Å². The molecule has 5 heterocycles. The van der Waals surface area contributed by atoms with Crippen LogP contribution in [0, 0.1) is 6.92 Å². The summed E-state index contributed by atoms with van der Waals surface area (Å²) in [6.45, 7) is 6.33. The number of nitrogens with one attached hydrogen (secondary N) is 1. The first-order valence-electron chi connectivity index (χ1n) is 9.27. The molecular weight excluding hydrogens is 358 g/mol. The van der Waals surface area contributed by atoms with Crippen LogP contribution < -0.4 is 4.90 Å². The fourth-order valence-corrected chi connectivity index (χ4v) is 3.80. The summed E-state index contributed by atoms with van der Waals surface area (Å²) in [6.07, 6.45) is 3.54. The summed E-state index contributed by atoms with van der Waals surface area (Å²) in [7, 11) is 1.93. The van der Waals surface area contributed by atoms with E-state index in [4.69, 9.17) is 14.2 Å². The molecule has 0 amide bonds. The molecule has 1 aliphatic rings. The molecule has 1 aliphatic heterocycles. The molecule has 4 aromatic rings. The highest BCUT2D eigenvalue weighted by Gasteiger charge is 2.26. The summed E-state index contributed by atoms with van der Waals surface area (Å²) in [5.74, 6) is 0.878. The standard InChI is InChI=1S/C19H21N7O2/c1-11-9-21-25(3)18(11)13-8-15(26-6-7-27-10-12(26)2)22-17-16(24-28-19(13)17)14-4-5-20-23-14/h4-5,8-9,12H,6-7,10H2,1-3H3,(H,20,23). The smallest absolute Gasteiger partial charge is 0.195 e. The van der Waals surface area contributed by atoms with Crippen LogP contribution in [0.15, 0.2) is 29.0 Å². The number of aromatic nitrogens is 6. The zero-order valence-electron chi connectivity index (χ0n) is 16.0. The van der Waals surface area contributed by atoms with Crippen LogP contribution in [0.1, 0.15) is 12.5 Å². The number of rotatable bonds is 3. The molecule has 1 atom stereocenters. The number of morpholine rings is 1. The van der Waals surface area contributed by atoms with Gasteiger partial charge in [-0.3, -0.25) is 9.78 Å². The van der Waals surface area contributed by atoms with Crippen LogP contribution in [0.4, 0.5) is 5.82 Å². The maximum atomic E-state index is 5.76. The molecule has 1 saturated heterocycles. The molecule has 144 valence electrons. The van der Waals surface area contributed by atoms with E-state index < -0.39 is 0 Å². The zero-order chi connectivity index (χ0) is 19.3. The maximum absolute atomic E-state index is 5.76. The van der Waals surface area contributed by atoms with Crippen molar-refractivity contribution in [2.24, 2.45) is 7.05 Å². The van der Waals surface area contributed by atoms with Crippen molar-refractivity contribution in [3.05, 3.63) is 30.1 Å². The minimum Gasteiger partial charge on any atom is -0.377 e. The SMILES string of the molecule is Cc1cnn(C)c1-c1cc(N2CCOCC2C)nc2c(-c3ccn[nH]3)noc12. The van der Waals surface area contributed by atoms with Crippen LogP contribution in [-0.4, -0.2) is 55.9 Å². The van der Waals surface area contributed by atoms with E-state index in [0.29, 0.717) is 30.0 Å². The molecule has 0 saturated carbocycles. The molecular formula is C19H21N7O2. The molecule has 0 bridgehead atoms. The minimum absolute atomic E-state index is 0.231. The number of pyridine rings is 1. The molecule has 1 unspecified atom stereocenters. The van der Waals surface area contributed by atoms with Crippen molar-refractivity contribution < 1.29 is 9.26 Å². The average Bonchev–Trinajstić information content (AvgIpc) is 3.42. The molecule has 0 aromatic carbocycles. The van der Waals surface area contributed by atoms with E-state index >= 15 is 0 Å². The second-order valence-electron chi connectivity index (χ2n) is 7.12. The lowest BCUT2D eigenvalue weighted by molar-refractivity contribution is 0.0986. The van der Waals surface area contributed by atoms with E-state index in [2.05, 4.69) is 38.3 Å². The van der Waals surface area contributed by atoms with Gasteiger partial charge in [-0.15, -0.1) is 0 Å². The first kappa shape index (κ1) is 16.9. The van der Waals surface area contributed by atoms with Crippen molar-refractivity contribution in [3.8, 4) is 22.6 Å². The summed E-state index contributed by atoms with van der Waals surface area (Å²) in [5.41, 5.74) is 5.74. The van der Waals surface area contributed by atoms with Crippen molar-refractivity contribution >= 4 is 16.9 Å². The van der Waals surface area contributed by atoms with Gasteiger partial charge in [0.1, 0.15) is 11.3 Å². The molecule has 5 rings (SSSR count). The summed E-state index contributed by atoms with van der Waals surface area (Å²) >= 11 is 0. The van der Waals surface area contributed by atoms with Crippen LogP contribution in [0.3, 0.4) is 0 Å². The third-order valence-corrected chi connectivity index (χ3v) is 5.21. The molecule has 28 heavy (non-hydrogen) atoms. The predicted octanol–water partition coefficient (Wildman–Crippen LogP) is 2.55. The van der Waals surface area contributed by atoms with E-state index in [1.807, 2.05) is 30.9 Å². The van der Waals surface area contributed by atoms with Gasteiger partial charge in [0.05, 0.1) is 42.4 Å². The Kier molecular flexibility index (Phi) is 3.90. The number of nitrogens with zero attached hydrogens (tertiary/aromatic N) is 6. The van der Waals surface area contributed by atoms with Gasteiger partial charge < -0.3 is 14.2 Å². The normalized spacial score (nSPS) is 17.5. The minimum atomic E-state index is 0.231. The van der Waals surface area contributed by atoms with Gasteiger partial charge in [-0.25, -0.2) is 4.98 Å². The first-order chi connectivity index (χ1) is 13.6. The Bertz CT molecular complexity index is 1110. The lowest BCUT2D eigenvalue weighted by atomic mass is 10.1. The summed E-state index contributed by atoms with van der Waals surface area (Å²) < 4.78 is 13.2. The second-order valence-corrected chi connectivity index (χ2v) is 7.12. The molecule has 0 radical (unpaired) electrons. The summed E-state index contributed by atoms with van der Waals surface area (Å²) in [5, 5.41) is 15.7. The number of ether oxygens (including phenoxy) is 1. The Morgan fingerprint density at radius 2 is 2.21 bits per heavy atom. The largest absolute Gasteiger partial charge is 0.377 e. The van der Waals surface area contributed by atoms with E-state index in [0.717, 1.165) is 34.9 Å². The van der Waals surface area contributed by atoms with E-state index in [-0.39, 0.29) is 6.04 Å². The lowest BCUT2D eigenvalue weighted by Crippen LogP contribution is -2.44. The van der Waals surface area contributed by atoms with Gasteiger partial charge in [-0.2, -0.15) is 10.2 Å². The molecule has 9 nitrogen and oxygen atoms in total. The van der Waals surface area contributed by atoms with Gasteiger partial charge in [0.25, 0.3) is 0 Å². The molecule has 0 aliphatic carbocycles. The van der Waals surface area contributed by atoms with Crippen molar-refractivity contribution in [1.82, 2.24) is 30.1 Å². The Labute approximate surface area is 161 Å². The number of hydrogen-bond donors (Lipinski definition) is 1. The number of anilines is 1. The Morgan fingerprint density at radius 1 is 1.32 bits per heavy atom. The Morgan fingerprint density at radius 3 is 2.93 bits per heavy atom. The van der Waals surface area contributed by atoms with Crippen LogP contribution >= 0.6 is 0 Å². The van der Waals surface area contributed by atoms with Gasteiger partial charge in [-0.1, -0.05) is 5.16 Å². The van der Waals surface area contributed by atoms with Crippen LogP contribution in [-0.2, 0) is 11.8 Å². The zero-order valence-corrected chi connectivity index (χ0v) is 16.0. The number of aromatic amines is 1. The molecule has 1 N–H and O–H groups in total. The summed E-state index contributed by atoms with van der Waals surface area (Å²) in [6, 6.07) is 4.16. The number of H-pyrrole nitrogens is 1. The number of fused-ring (bicyclic) bond motifs is 1. The second kappa shape index (κ2) is 6.45. The fourth-order valence-electron chi connectivity index (χ4n) is 3.80. The molecule has 0 spiro atoms. The molecule has 4 aromatic heterocycles.